The van der Waals surface area contributed by atoms with E-state index in [-0.39, 0.29) is 11.3 Å². The van der Waals surface area contributed by atoms with Crippen LogP contribution >= 0.6 is 0 Å². The Balaban J connectivity index is 2.19. The first-order valence-corrected chi connectivity index (χ1v) is 7.75. The normalized spacial score (nSPS) is 11.1. The van der Waals surface area contributed by atoms with Gasteiger partial charge in [0.1, 0.15) is 0 Å². The van der Waals surface area contributed by atoms with Gasteiger partial charge in [-0.15, -0.1) is 0 Å². The molecular formula is C15H15NO4S. The lowest BCUT2D eigenvalue weighted by atomic mass is 10.2. The van der Waals surface area contributed by atoms with Crippen LogP contribution in [0.2, 0.25) is 0 Å². The molecular weight excluding hydrogens is 290 g/mol. The van der Waals surface area contributed by atoms with Crippen molar-refractivity contribution in [1.82, 2.24) is 0 Å². The van der Waals surface area contributed by atoms with Crippen LogP contribution in [-0.4, -0.2) is 19.5 Å². The van der Waals surface area contributed by atoms with Crippen molar-refractivity contribution in [3.05, 3.63) is 59.7 Å². The first-order valence-electron chi connectivity index (χ1n) is 6.27. The Labute approximate surface area is 123 Å². The summed E-state index contributed by atoms with van der Waals surface area (Å²) in [5, 5.41) is 8.68. The molecule has 2 rings (SSSR count). The largest absolute Gasteiger partial charge is 0.481 e. The molecule has 2 aromatic carbocycles. The molecule has 110 valence electrons. The lowest BCUT2D eigenvalue weighted by Gasteiger charge is -2.08. The molecule has 0 atom stereocenters. The minimum absolute atomic E-state index is 0.0946. The smallest absolute Gasteiger partial charge is 0.307 e. The van der Waals surface area contributed by atoms with Gasteiger partial charge in [-0.25, -0.2) is 8.42 Å². The van der Waals surface area contributed by atoms with E-state index in [0.29, 0.717) is 11.3 Å². The van der Waals surface area contributed by atoms with E-state index in [1.54, 1.807) is 12.1 Å². The molecule has 2 N–H and O–H groups in total. The topological polar surface area (TPSA) is 83.5 Å². The monoisotopic (exact) mass is 305 g/mol. The summed E-state index contributed by atoms with van der Waals surface area (Å²) in [6, 6.07) is 12.8. The number of anilines is 1. The van der Waals surface area contributed by atoms with Gasteiger partial charge in [0.15, 0.2) is 0 Å². The van der Waals surface area contributed by atoms with E-state index in [1.165, 1.54) is 24.3 Å². The van der Waals surface area contributed by atoms with Crippen LogP contribution in [0.15, 0.2) is 53.4 Å². The molecule has 2 aromatic rings. The summed E-state index contributed by atoms with van der Waals surface area (Å²) >= 11 is 0. The van der Waals surface area contributed by atoms with E-state index in [9.17, 15) is 13.2 Å². The van der Waals surface area contributed by atoms with Crippen LogP contribution in [0.3, 0.4) is 0 Å². The van der Waals surface area contributed by atoms with Gasteiger partial charge in [-0.2, -0.15) is 0 Å². The van der Waals surface area contributed by atoms with Crippen LogP contribution in [0.25, 0.3) is 0 Å². The Kier molecular flexibility index (Phi) is 4.28. The summed E-state index contributed by atoms with van der Waals surface area (Å²) in [5.41, 5.74) is 2.07. The first kappa shape index (κ1) is 15.1. The van der Waals surface area contributed by atoms with Crippen LogP contribution < -0.4 is 4.72 Å². The molecule has 5 nitrogen and oxygen atoms in total. The van der Waals surface area contributed by atoms with Crippen LogP contribution in [0.5, 0.6) is 0 Å². The van der Waals surface area contributed by atoms with Crippen molar-refractivity contribution in [2.45, 2.75) is 18.2 Å². The predicted octanol–water partition coefficient (Wildman–Crippen LogP) is 2.42. The highest BCUT2D eigenvalue weighted by Crippen LogP contribution is 2.17. The van der Waals surface area contributed by atoms with Crippen molar-refractivity contribution >= 4 is 21.7 Å². The fraction of sp³-hybridized carbons (Fsp3) is 0.133. The van der Waals surface area contributed by atoms with Gasteiger partial charge in [0.2, 0.25) is 0 Å². The second kappa shape index (κ2) is 5.97. The second-order valence-electron chi connectivity index (χ2n) is 4.69. The Bertz CT molecular complexity index is 734. The number of carbonyl (C=O) groups is 1. The van der Waals surface area contributed by atoms with Crippen molar-refractivity contribution in [1.29, 1.82) is 0 Å². The van der Waals surface area contributed by atoms with Crippen LogP contribution in [-0.2, 0) is 21.2 Å². The zero-order valence-corrected chi connectivity index (χ0v) is 12.2. The van der Waals surface area contributed by atoms with E-state index in [2.05, 4.69) is 4.72 Å². The molecule has 0 bridgehead atoms. The van der Waals surface area contributed by atoms with E-state index < -0.39 is 16.0 Å². The van der Waals surface area contributed by atoms with Gasteiger partial charge in [0.05, 0.1) is 11.3 Å². The number of carboxylic acids is 1. The number of aryl methyl sites for hydroxylation is 1. The molecule has 0 aliphatic carbocycles. The summed E-state index contributed by atoms with van der Waals surface area (Å²) in [4.78, 5) is 10.7. The summed E-state index contributed by atoms with van der Waals surface area (Å²) in [5.74, 6) is -0.955. The Morgan fingerprint density at radius 3 is 2.14 bits per heavy atom. The molecule has 0 aliphatic rings. The van der Waals surface area contributed by atoms with Gasteiger partial charge in [0.25, 0.3) is 10.0 Å². The Morgan fingerprint density at radius 1 is 1.05 bits per heavy atom. The number of hydrogen-bond acceptors (Lipinski definition) is 3. The fourth-order valence-corrected chi connectivity index (χ4v) is 2.86. The van der Waals surface area contributed by atoms with Gasteiger partial charge in [-0.3, -0.25) is 9.52 Å². The Hall–Kier alpha value is -2.34. The zero-order valence-electron chi connectivity index (χ0n) is 11.4. The van der Waals surface area contributed by atoms with E-state index in [4.69, 9.17) is 5.11 Å². The van der Waals surface area contributed by atoms with Crippen LogP contribution in [0.4, 0.5) is 5.69 Å². The minimum Gasteiger partial charge on any atom is -0.481 e. The number of carboxylic acid groups (broad SMARTS) is 1. The molecule has 0 aromatic heterocycles. The predicted molar refractivity (Wildman–Crippen MR) is 79.8 cm³/mol. The minimum atomic E-state index is -3.67. The highest BCUT2D eigenvalue weighted by Gasteiger charge is 2.14. The molecule has 0 heterocycles. The SMILES string of the molecule is Cc1ccc(NS(=O)(=O)c2ccc(CC(=O)O)cc2)cc1. The number of benzene rings is 2. The fourth-order valence-electron chi connectivity index (χ4n) is 1.80. The van der Waals surface area contributed by atoms with Crippen molar-refractivity contribution < 1.29 is 18.3 Å². The molecule has 0 spiro atoms. The summed E-state index contributed by atoms with van der Waals surface area (Å²) in [6.07, 6.45) is -0.133. The third-order valence-electron chi connectivity index (χ3n) is 2.89. The summed E-state index contributed by atoms with van der Waals surface area (Å²) in [6.45, 7) is 1.92. The average molecular weight is 305 g/mol. The number of hydrogen-bond donors (Lipinski definition) is 2. The lowest BCUT2D eigenvalue weighted by Crippen LogP contribution is -2.13. The summed E-state index contributed by atoms with van der Waals surface area (Å²) < 4.78 is 26.9. The third kappa shape index (κ3) is 4.06. The maximum absolute atomic E-state index is 12.2. The van der Waals surface area contributed by atoms with Gasteiger partial charge in [0, 0.05) is 5.69 Å². The molecule has 0 aliphatic heterocycles. The molecule has 0 amide bonds. The van der Waals surface area contributed by atoms with Crippen molar-refractivity contribution in [2.24, 2.45) is 0 Å². The maximum Gasteiger partial charge on any atom is 0.307 e. The van der Waals surface area contributed by atoms with Crippen molar-refractivity contribution in [3.8, 4) is 0 Å². The standard InChI is InChI=1S/C15H15NO4S/c1-11-2-6-13(7-3-11)16-21(19,20)14-8-4-12(5-9-14)10-15(17)18/h2-9,16H,10H2,1H3,(H,17,18). The zero-order chi connectivity index (χ0) is 15.5. The van der Waals surface area contributed by atoms with E-state index >= 15 is 0 Å². The van der Waals surface area contributed by atoms with Crippen molar-refractivity contribution in [2.75, 3.05) is 4.72 Å². The van der Waals surface area contributed by atoms with E-state index in [0.717, 1.165) is 5.56 Å². The summed E-state index contributed by atoms with van der Waals surface area (Å²) in [7, 11) is -3.67. The third-order valence-corrected chi connectivity index (χ3v) is 4.29. The molecule has 0 saturated carbocycles. The highest BCUT2D eigenvalue weighted by atomic mass is 32.2. The van der Waals surface area contributed by atoms with Gasteiger partial charge < -0.3 is 5.11 Å². The quantitative estimate of drug-likeness (QED) is 0.888. The van der Waals surface area contributed by atoms with Gasteiger partial charge in [-0.1, -0.05) is 29.8 Å². The number of sulfonamides is 1. The molecule has 0 saturated heterocycles. The Morgan fingerprint density at radius 2 is 1.62 bits per heavy atom. The molecule has 0 fully saturated rings. The van der Waals surface area contributed by atoms with Gasteiger partial charge in [-0.05, 0) is 36.8 Å². The lowest BCUT2D eigenvalue weighted by molar-refractivity contribution is -0.136. The average Bonchev–Trinajstić information content (AvgIpc) is 2.41. The van der Waals surface area contributed by atoms with Gasteiger partial charge >= 0.3 is 5.97 Å². The molecule has 0 radical (unpaired) electrons. The number of rotatable bonds is 5. The molecule has 0 unspecified atom stereocenters. The molecule has 21 heavy (non-hydrogen) atoms. The highest BCUT2D eigenvalue weighted by molar-refractivity contribution is 7.92. The number of nitrogens with one attached hydrogen (secondary N) is 1. The number of aliphatic carboxylic acids is 1. The maximum atomic E-state index is 12.2. The van der Waals surface area contributed by atoms with Crippen LogP contribution in [0, 0.1) is 6.92 Å². The second-order valence-corrected chi connectivity index (χ2v) is 6.37. The molecule has 6 heteroatoms. The van der Waals surface area contributed by atoms with Crippen LogP contribution in [0.1, 0.15) is 11.1 Å². The van der Waals surface area contributed by atoms with Crippen molar-refractivity contribution in [3.63, 3.8) is 0 Å². The van der Waals surface area contributed by atoms with E-state index in [1.807, 2.05) is 19.1 Å². The first-order chi connectivity index (χ1) is 9.87.